The molecule has 2 aliphatic rings. The number of amides is 4. The second-order valence-electron chi connectivity index (χ2n) is 18.2. The molecule has 0 aliphatic carbocycles. The Morgan fingerprint density at radius 3 is 0.795 bits per heavy atom. The number of fused-ring (bicyclic) bond motifs is 2. The molecule has 0 unspecified atom stereocenters. The molecule has 12 rings (SSSR count). The predicted octanol–water partition coefficient (Wildman–Crippen LogP) is 9.78. The molecule has 10 aromatic rings. The predicted molar refractivity (Wildman–Crippen MR) is 300 cm³/mol. The Kier molecular flexibility index (Phi) is 11.6. The van der Waals surface area contributed by atoms with Crippen LogP contribution in [0.25, 0.3) is 0 Å². The molecule has 352 valence electrons. The van der Waals surface area contributed by atoms with Crippen LogP contribution in [0.4, 0.5) is 11.4 Å². The Morgan fingerprint density at radius 2 is 0.507 bits per heavy atom. The molecular weight excluding hydrogens is 939 g/mol. The summed E-state index contributed by atoms with van der Waals surface area (Å²) in [6.07, 6.45) is 0. The van der Waals surface area contributed by atoms with E-state index in [1.54, 1.807) is 48.5 Å². The minimum absolute atomic E-state index is 0.199. The molecule has 9 heteroatoms. The van der Waals surface area contributed by atoms with E-state index >= 15 is 0 Å². The van der Waals surface area contributed by atoms with Crippen molar-refractivity contribution in [2.45, 2.75) is 0 Å². The van der Waals surface area contributed by atoms with E-state index in [9.17, 15) is 19.2 Å². The molecule has 0 N–H and O–H groups in total. The molecule has 0 aromatic heterocycles. The molecule has 0 saturated heterocycles. The van der Waals surface area contributed by atoms with Crippen LogP contribution in [0, 0.1) is 0 Å². The molecule has 10 aromatic carbocycles. The van der Waals surface area contributed by atoms with E-state index in [0.29, 0.717) is 22.9 Å². The van der Waals surface area contributed by atoms with Gasteiger partial charge in [0.15, 0.2) is 0 Å². The molecule has 0 radical (unpaired) electrons. The monoisotopic (exact) mass is 984 g/mol. The van der Waals surface area contributed by atoms with Crippen molar-refractivity contribution in [2.75, 3.05) is 9.80 Å². The summed E-state index contributed by atoms with van der Waals surface area (Å²) in [5, 5.41) is 9.05. The number of carbonyl (C=O) groups is 4. The fraction of sp³-hybridized carbons (Fsp3) is 0. The van der Waals surface area contributed by atoms with Crippen LogP contribution in [0.3, 0.4) is 0 Å². The second-order valence-corrected chi connectivity index (χ2v) is 25.8. The number of hydrogen-bond acceptors (Lipinski definition) is 5. The summed E-state index contributed by atoms with van der Waals surface area (Å²) >= 11 is 0. The Hall–Kier alpha value is -8.86. The first-order valence-corrected chi connectivity index (χ1v) is 28.1. The summed E-state index contributed by atoms with van der Waals surface area (Å²) < 4.78 is 6.35. The summed E-state index contributed by atoms with van der Waals surface area (Å²) in [7, 11) is -5.93. The van der Waals surface area contributed by atoms with Gasteiger partial charge in [-0.15, -0.1) is 0 Å². The van der Waals surface area contributed by atoms with Crippen molar-refractivity contribution in [2.24, 2.45) is 0 Å². The number of ether oxygens (including phenoxy) is 1. The van der Waals surface area contributed by atoms with Crippen molar-refractivity contribution < 1.29 is 23.9 Å². The van der Waals surface area contributed by atoms with E-state index in [1.165, 1.54) is 41.6 Å². The van der Waals surface area contributed by atoms with E-state index < -0.39 is 38.2 Å². The van der Waals surface area contributed by atoms with Crippen LogP contribution in [-0.4, -0.2) is 23.6 Å². The van der Waals surface area contributed by atoms with Gasteiger partial charge in [0.2, 0.25) is 0 Å². The van der Waals surface area contributed by atoms with Crippen LogP contribution < -0.4 is 57.0 Å². The number of anilines is 2. The number of rotatable bonds is 12. The van der Waals surface area contributed by atoms with Crippen molar-refractivity contribution in [3.63, 3.8) is 0 Å². The molecule has 0 bridgehead atoms. The Bertz CT molecular complexity index is 3310. The molecule has 2 heterocycles. The normalized spacial score (nSPS) is 13.7. The zero-order valence-electron chi connectivity index (χ0n) is 39.3. The average Bonchev–Trinajstić information content (AvgIpc) is 3.85. The molecule has 73 heavy (non-hydrogen) atoms. The third-order valence-corrected chi connectivity index (χ3v) is 23.8. The third-order valence-electron chi connectivity index (χ3n) is 14.3. The third kappa shape index (κ3) is 7.52. The maximum atomic E-state index is 14.5. The number of carbonyl (C=O) groups excluding carboxylic acids is 4. The van der Waals surface area contributed by atoms with Crippen LogP contribution in [0.5, 0.6) is 11.5 Å². The second kappa shape index (κ2) is 18.7. The van der Waals surface area contributed by atoms with Crippen molar-refractivity contribution in [1.82, 2.24) is 0 Å². The van der Waals surface area contributed by atoms with Crippen LogP contribution in [0.1, 0.15) is 41.4 Å². The summed E-state index contributed by atoms with van der Waals surface area (Å²) in [5.74, 6) is -1.22. The van der Waals surface area contributed by atoms with E-state index in [-0.39, 0.29) is 22.3 Å². The van der Waals surface area contributed by atoms with Crippen molar-refractivity contribution in [3.8, 4) is 11.5 Å². The first-order valence-electron chi connectivity index (χ1n) is 24.1. The zero-order chi connectivity index (χ0) is 49.5. The van der Waals surface area contributed by atoms with Crippen LogP contribution in [0.2, 0.25) is 0 Å². The summed E-state index contributed by atoms with van der Waals surface area (Å²) in [6, 6.07) is 88.1. The van der Waals surface area contributed by atoms with Gasteiger partial charge in [-0.25, -0.2) is 0 Å². The van der Waals surface area contributed by atoms with Gasteiger partial charge < -0.3 is 0 Å². The molecule has 2 aliphatic heterocycles. The van der Waals surface area contributed by atoms with E-state index in [4.69, 9.17) is 4.74 Å². The van der Waals surface area contributed by atoms with Gasteiger partial charge in [-0.1, -0.05) is 0 Å². The van der Waals surface area contributed by atoms with Gasteiger partial charge in [-0.05, 0) is 0 Å². The summed E-state index contributed by atoms with van der Waals surface area (Å²) in [5.41, 5.74) is 1.85. The average molecular weight is 985 g/mol. The standard InChI is InChI=1S/C64H46N2O5P2/c67-61-57-39-37-47(43-59(57)63(69)65(61)45-21-19-35-55(41-45)72(49-23-7-1-8-24-49,50-25-9-2-10-26-50)51-27-11-3-12-28-51)71-48-38-40-58-60(44-48)64(70)66(62(58)68)46-22-20-36-56(42-46)73(52-29-13-4-14-30-52,53-31-15-5-16-32-53)54-33-17-6-18-34-54/h1-44,72-73H. The minimum atomic E-state index is -2.96. The summed E-state index contributed by atoms with van der Waals surface area (Å²) in [6.45, 7) is 0. The quantitative estimate of drug-likeness (QED) is 0.0900. The van der Waals surface area contributed by atoms with E-state index in [2.05, 4.69) is 158 Å². The molecule has 7 nitrogen and oxygen atoms in total. The molecule has 4 amide bonds. The zero-order valence-corrected chi connectivity index (χ0v) is 41.3. The molecule has 0 atom stereocenters. The number of hydrogen-bond donors (Lipinski definition) is 0. The Balaban J connectivity index is 0.849. The molecule has 0 spiro atoms. The fourth-order valence-electron chi connectivity index (χ4n) is 11.1. The Morgan fingerprint density at radius 1 is 0.247 bits per heavy atom. The van der Waals surface area contributed by atoms with E-state index in [1.807, 2.05) is 60.7 Å². The van der Waals surface area contributed by atoms with Gasteiger partial charge in [0.25, 0.3) is 0 Å². The van der Waals surface area contributed by atoms with Crippen LogP contribution in [-0.2, 0) is 0 Å². The van der Waals surface area contributed by atoms with E-state index in [0.717, 1.165) is 10.6 Å². The number of imide groups is 2. The number of benzene rings is 10. The first-order chi connectivity index (χ1) is 35.9. The Labute approximate surface area is 424 Å². The van der Waals surface area contributed by atoms with Gasteiger partial charge in [0, 0.05) is 0 Å². The summed E-state index contributed by atoms with van der Waals surface area (Å²) in [4.78, 5) is 60.0. The van der Waals surface area contributed by atoms with Gasteiger partial charge in [-0.2, -0.15) is 0 Å². The van der Waals surface area contributed by atoms with Gasteiger partial charge in [0.1, 0.15) is 0 Å². The SMILES string of the molecule is O=C1c2ccc(Oc3ccc4c(c3)C(=O)N(c3cccc([PH](c5ccccc5)(c5ccccc5)c5ccccc5)c3)C4=O)cc2C(=O)N1c1cccc([PH](c2ccccc2)(c2ccccc2)c2ccccc2)c1. The molecule has 0 fully saturated rings. The topological polar surface area (TPSA) is 84.0 Å². The van der Waals surface area contributed by atoms with Crippen molar-refractivity contribution in [1.29, 1.82) is 0 Å². The van der Waals surface area contributed by atoms with Crippen LogP contribution >= 0.6 is 14.5 Å². The van der Waals surface area contributed by atoms with Gasteiger partial charge in [0.05, 0.1) is 0 Å². The van der Waals surface area contributed by atoms with Crippen molar-refractivity contribution >= 4 is 92.0 Å². The van der Waals surface area contributed by atoms with Crippen molar-refractivity contribution in [3.05, 3.63) is 289 Å². The van der Waals surface area contributed by atoms with Gasteiger partial charge >= 0.3 is 426 Å². The fourth-order valence-corrected chi connectivity index (χ4v) is 20.6. The number of nitrogens with zero attached hydrogens (tertiary/aromatic N) is 2. The first kappa shape index (κ1) is 45.3. The van der Waals surface area contributed by atoms with Gasteiger partial charge in [-0.3, -0.25) is 0 Å². The van der Waals surface area contributed by atoms with Crippen LogP contribution in [0.15, 0.2) is 267 Å². The maximum absolute atomic E-state index is 14.5. The molecule has 0 saturated carbocycles. The molecular formula is C64H46N2O5P2.